The van der Waals surface area contributed by atoms with Crippen LogP contribution < -0.4 is 0 Å². The van der Waals surface area contributed by atoms with Gasteiger partial charge in [0.1, 0.15) is 11.1 Å². The van der Waals surface area contributed by atoms with Crippen molar-refractivity contribution in [1.82, 2.24) is 4.90 Å². The summed E-state index contributed by atoms with van der Waals surface area (Å²) in [7, 11) is 1.36. The van der Waals surface area contributed by atoms with Gasteiger partial charge in [-0.15, -0.1) is 0 Å². The van der Waals surface area contributed by atoms with Gasteiger partial charge in [-0.05, 0) is 19.4 Å². The molecule has 0 aromatic heterocycles. The molecule has 1 N–H and O–H groups in total. The SMILES string of the molecule is CO[C@H]1C(=O)N(C(C(=O)O)=C(C)C)[C@@H]1SC(C)=O. The van der Waals surface area contributed by atoms with Gasteiger partial charge in [-0.1, -0.05) is 11.8 Å². The maximum Gasteiger partial charge on any atom is 0.352 e. The molecule has 1 heterocycles. The standard InChI is InChI=1S/C11H15NO5S/c1-5(2)7(11(15)16)12-9(14)8(17-4)10(12)18-6(3)13/h8,10H,1-4H3,(H,15,16)/t8-,10+/m0/s1. The molecule has 6 nitrogen and oxygen atoms in total. The number of nitrogens with zero attached hydrogens (tertiary/aromatic N) is 1. The van der Waals surface area contributed by atoms with Crippen LogP contribution in [0.15, 0.2) is 11.3 Å². The summed E-state index contributed by atoms with van der Waals surface area (Å²) in [4.78, 5) is 35.2. The van der Waals surface area contributed by atoms with Crippen molar-refractivity contribution in [2.24, 2.45) is 0 Å². The summed E-state index contributed by atoms with van der Waals surface area (Å²) in [6, 6.07) is 0. The van der Waals surface area contributed by atoms with Gasteiger partial charge in [0.25, 0.3) is 5.91 Å². The number of carboxylic acid groups (broad SMARTS) is 1. The van der Waals surface area contributed by atoms with E-state index in [4.69, 9.17) is 9.84 Å². The molecular formula is C11H15NO5S. The number of amides is 1. The Morgan fingerprint density at radius 1 is 1.33 bits per heavy atom. The van der Waals surface area contributed by atoms with Crippen molar-refractivity contribution in [2.45, 2.75) is 32.2 Å². The van der Waals surface area contributed by atoms with E-state index >= 15 is 0 Å². The minimum atomic E-state index is -1.19. The molecule has 1 amide bonds. The molecule has 0 spiro atoms. The van der Waals surface area contributed by atoms with E-state index in [0.29, 0.717) is 5.57 Å². The van der Waals surface area contributed by atoms with E-state index in [2.05, 4.69) is 0 Å². The molecule has 0 radical (unpaired) electrons. The Balaban J connectivity index is 3.06. The molecule has 0 aromatic rings. The van der Waals surface area contributed by atoms with E-state index in [1.807, 2.05) is 0 Å². The Labute approximate surface area is 109 Å². The number of ether oxygens (including phenoxy) is 1. The van der Waals surface area contributed by atoms with E-state index < -0.39 is 23.4 Å². The Morgan fingerprint density at radius 3 is 2.22 bits per heavy atom. The highest BCUT2D eigenvalue weighted by atomic mass is 32.2. The van der Waals surface area contributed by atoms with Gasteiger partial charge in [0, 0.05) is 14.0 Å². The smallest absolute Gasteiger partial charge is 0.352 e. The van der Waals surface area contributed by atoms with E-state index in [0.717, 1.165) is 16.7 Å². The highest BCUT2D eigenvalue weighted by molar-refractivity contribution is 8.14. The first-order valence-corrected chi connectivity index (χ1v) is 6.13. The highest BCUT2D eigenvalue weighted by Crippen LogP contribution is 2.36. The number of thioether (sulfide) groups is 1. The molecule has 7 heteroatoms. The first-order valence-electron chi connectivity index (χ1n) is 5.25. The molecule has 1 aliphatic heterocycles. The van der Waals surface area contributed by atoms with Crippen molar-refractivity contribution in [3.8, 4) is 0 Å². The van der Waals surface area contributed by atoms with Crippen LogP contribution in [0.4, 0.5) is 0 Å². The normalized spacial score (nSPS) is 22.4. The van der Waals surface area contributed by atoms with E-state index in [9.17, 15) is 14.4 Å². The zero-order valence-electron chi connectivity index (χ0n) is 10.6. The predicted octanol–water partition coefficient (Wildman–Crippen LogP) is 0.828. The van der Waals surface area contributed by atoms with Crippen molar-refractivity contribution >= 4 is 28.8 Å². The van der Waals surface area contributed by atoms with Crippen LogP contribution in [0, 0.1) is 0 Å². The molecule has 0 unspecified atom stereocenters. The van der Waals surface area contributed by atoms with Gasteiger partial charge >= 0.3 is 5.97 Å². The fourth-order valence-electron chi connectivity index (χ4n) is 1.73. The average molecular weight is 273 g/mol. The number of carbonyl (C=O) groups is 3. The lowest BCUT2D eigenvalue weighted by atomic mass is 10.1. The number of hydrogen-bond acceptors (Lipinski definition) is 5. The minimum absolute atomic E-state index is 0.0907. The molecule has 0 aromatic carbocycles. The van der Waals surface area contributed by atoms with Crippen molar-refractivity contribution in [3.05, 3.63) is 11.3 Å². The lowest BCUT2D eigenvalue weighted by Gasteiger charge is -2.45. The summed E-state index contributed by atoms with van der Waals surface area (Å²) in [5, 5.41) is 8.31. The van der Waals surface area contributed by atoms with Crippen molar-refractivity contribution in [1.29, 1.82) is 0 Å². The molecule has 0 saturated carbocycles. The molecule has 100 valence electrons. The van der Waals surface area contributed by atoms with Gasteiger partial charge in [-0.2, -0.15) is 0 Å². The molecule has 1 saturated heterocycles. The summed E-state index contributed by atoms with van der Waals surface area (Å²) in [6.07, 6.45) is -0.771. The summed E-state index contributed by atoms with van der Waals surface area (Å²) in [5.74, 6) is -1.62. The summed E-state index contributed by atoms with van der Waals surface area (Å²) in [6.45, 7) is 4.57. The quantitative estimate of drug-likeness (QED) is 0.603. The van der Waals surface area contributed by atoms with Gasteiger partial charge in [0.05, 0.1) is 0 Å². The number of carboxylic acids is 1. The summed E-state index contributed by atoms with van der Waals surface area (Å²) in [5.41, 5.74) is 0.409. The number of allylic oxidation sites excluding steroid dienone is 1. The highest BCUT2D eigenvalue weighted by Gasteiger charge is 2.52. The first kappa shape index (κ1) is 14.7. The van der Waals surface area contributed by atoms with Crippen molar-refractivity contribution < 1.29 is 24.2 Å². The Hall–Kier alpha value is -1.34. The van der Waals surface area contributed by atoms with Gasteiger partial charge in [-0.3, -0.25) is 14.5 Å². The Bertz CT molecular complexity index is 427. The second kappa shape index (κ2) is 5.53. The van der Waals surface area contributed by atoms with E-state index in [1.54, 1.807) is 13.8 Å². The number of rotatable bonds is 4. The van der Waals surface area contributed by atoms with Crippen LogP contribution in [0.3, 0.4) is 0 Å². The topological polar surface area (TPSA) is 83.9 Å². The molecule has 1 aliphatic rings. The fraction of sp³-hybridized carbons (Fsp3) is 0.545. The van der Waals surface area contributed by atoms with Crippen molar-refractivity contribution in [3.63, 3.8) is 0 Å². The number of hydrogen-bond donors (Lipinski definition) is 1. The lowest BCUT2D eigenvalue weighted by Crippen LogP contribution is -2.64. The molecular weight excluding hydrogens is 258 g/mol. The third-order valence-electron chi connectivity index (χ3n) is 2.45. The number of β-lactam (4-membered cyclic amide) rings is 1. The molecule has 2 atom stereocenters. The van der Waals surface area contributed by atoms with Crippen LogP contribution in [-0.4, -0.2) is 45.6 Å². The van der Waals surface area contributed by atoms with Crippen LogP contribution >= 0.6 is 11.8 Å². The van der Waals surface area contributed by atoms with Crippen LogP contribution in [0.5, 0.6) is 0 Å². The fourth-order valence-corrected chi connectivity index (χ4v) is 2.74. The molecule has 1 fully saturated rings. The zero-order valence-corrected chi connectivity index (χ0v) is 11.4. The second-order valence-electron chi connectivity index (χ2n) is 4.02. The maximum absolute atomic E-state index is 11.8. The lowest BCUT2D eigenvalue weighted by molar-refractivity contribution is -0.161. The summed E-state index contributed by atoms with van der Waals surface area (Å²) >= 11 is 0.893. The number of methoxy groups -OCH3 is 1. The third-order valence-corrected chi connectivity index (χ3v) is 3.48. The van der Waals surface area contributed by atoms with Crippen molar-refractivity contribution in [2.75, 3.05) is 7.11 Å². The number of carbonyl (C=O) groups excluding carboxylic acids is 2. The second-order valence-corrected chi connectivity index (χ2v) is 5.31. The van der Waals surface area contributed by atoms with Gasteiger partial charge in [0.2, 0.25) is 0 Å². The molecule has 0 aliphatic carbocycles. The number of likely N-dealkylation sites (tertiary alicyclic amines) is 1. The minimum Gasteiger partial charge on any atom is -0.477 e. The number of aliphatic carboxylic acids is 1. The predicted molar refractivity (Wildman–Crippen MR) is 65.7 cm³/mol. The first-order chi connectivity index (χ1) is 8.31. The largest absolute Gasteiger partial charge is 0.477 e. The Kier molecular flexibility index (Phi) is 4.53. The average Bonchev–Trinajstić information content (AvgIpc) is 2.23. The Morgan fingerprint density at radius 2 is 1.89 bits per heavy atom. The summed E-state index contributed by atoms with van der Waals surface area (Å²) < 4.78 is 4.97. The monoisotopic (exact) mass is 273 g/mol. The van der Waals surface area contributed by atoms with E-state index in [1.165, 1.54) is 14.0 Å². The van der Waals surface area contributed by atoms with Gasteiger partial charge in [-0.25, -0.2) is 4.79 Å². The maximum atomic E-state index is 11.8. The van der Waals surface area contributed by atoms with Gasteiger partial charge < -0.3 is 9.84 Å². The molecule has 1 rings (SSSR count). The van der Waals surface area contributed by atoms with Gasteiger partial charge in [0.15, 0.2) is 11.2 Å². The zero-order chi connectivity index (χ0) is 14.0. The van der Waals surface area contributed by atoms with Crippen LogP contribution in [-0.2, 0) is 19.1 Å². The third kappa shape index (κ3) is 2.56. The molecule has 0 bridgehead atoms. The molecule has 18 heavy (non-hydrogen) atoms. The van der Waals surface area contributed by atoms with Crippen LogP contribution in [0.25, 0.3) is 0 Å². The van der Waals surface area contributed by atoms with E-state index in [-0.39, 0.29) is 10.8 Å². The van der Waals surface area contributed by atoms with Crippen LogP contribution in [0.1, 0.15) is 20.8 Å². The van der Waals surface area contributed by atoms with Crippen LogP contribution in [0.2, 0.25) is 0 Å².